The molecule has 19 heavy (non-hydrogen) atoms. The number of aliphatic carboxylic acids is 1. The Morgan fingerprint density at radius 1 is 1.58 bits per heavy atom. The maximum absolute atomic E-state index is 11.9. The van der Waals surface area contributed by atoms with Crippen molar-refractivity contribution in [1.29, 1.82) is 0 Å². The lowest BCUT2D eigenvalue weighted by Gasteiger charge is -2.12. The molecule has 1 aromatic rings. The van der Waals surface area contributed by atoms with E-state index in [1.165, 1.54) is 13.3 Å². The number of hydrogen-bond donors (Lipinski definition) is 2. The van der Waals surface area contributed by atoms with Crippen molar-refractivity contribution in [3.8, 4) is 0 Å². The Labute approximate surface area is 112 Å². The predicted molar refractivity (Wildman–Crippen MR) is 67.6 cm³/mol. The van der Waals surface area contributed by atoms with Gasteiger partial charge in [-0.05, 0) is 6.92 Å². The molecule has 0 saturated carbocycles. The van der Waals surface area contributed by atoms with Gasteiger partial charge >= 0.3 is 5.97 Å². The van der Waals surface area contributed by atoms with Crippen molar-refractivity contribution in [2.45, 2.75) is 32.2 Å². The molecule has 0 aliphatic carbocycles. The normalized spacial score (nSPS) is 13.8. The fourth-order valence-electron chi connectivity index (χ4n) is 1.47. The minimum absolute atomic E-state index is 0.108. The summed E-state index contributed by atoms with van der Waals surface area (Å²) in [6.45, 7) is 3.69. The van der Waals surface area contributed by atoms with Crippen LogP contribution in [0.4, 0.5) is 0 Å². The molecule has 0 saturated heterocycles. The van der Waals surface area contributed by atoms with E-state index in [1.807, 2.05) is 6.92 Å². The summed E-state index contributed by atoms with van der Waals surface area (Å²) in [4.78, 5) is 25.7. The highest BCUT2D eigenvalue weighted by atomic mass is 32.2. The summed E-state index contributed by atoms with van der Waals surface area (Å²) in [6.07, 6.45) is 1.36. The zero-order valence-corrected chi connectivity index (χ0v) is 11.5. The summed E-state index contributed by atoms with van der Waals surface area (Å²) in [6, 6.07) is -1.16. The number of carbonyl (C=O) groups excluding carboxylic acids is 1. The third kappa shape index (κ3) is 4.78. The van der Waals surface area contributed by atoms with E-state index in [-0.39, 0.29) is 11.5 Å². The van der Waals surface area contributed by atoms with Crippen LogP contribution in [0.1, 0.15) is 19.7 Å². The van der Waals surface area contributed by atoms with Gasteiger partial charge in [0.1, 0.15) is 18.2 Å². The molecule has 1 rings (SSSR count). The van der Waals surface area contributed by atoms with Crippen LogP contribution < -0.4 is 5.32 Å². The van der Waals surface area contributed by atoms with Crippen LogP contribution >= 0.6 is 0 Å². The van der Waals surface area contributed by atoms with E-state index >= 15 is 0 Å². The number of aryl methyl sites for hydroxylation is 1. The Bertz CT molecular complexity index is 488. The number of rotatable bonds is 7. The molecule has 9 heteroatoms. The van der Waals surface area contributed by atoms with E-state index in [9.17, 15) is 13.8 Å². The lowest BCUT2D eigenvalue weighted by molar-refractivity contribution is -0.140. The molecule has 1 aromatic heterocycles. The third-order valence-electron chi connectivity index (χ3n) is 2.31. The first-order valence-electron chi connectivity index (χ1n) is 5.65. The molecule has 2 atom stereocenters. The molecule has 1 heterocycles. The second-order valence-corrected chi connectivity index (χ2v) is 5.34. The smallest absolute Gasteiger partial charge is 0.327 e. The molecule has 0 fully saturated rings. The number of nitrogens with one attached hydrogen (secondary N) is 1. The quantitative estimate of drug-likeness (QED) is 0.674. The third-order valence-corrected chi connectivity index (χ3v) is 3.60. The van der Waals surface area contributed by atoms with Crippen LogP contribution in [0, 0.1) is 0 Å². The Morgan fingerprint density at radius 2 is 2.26 bits per heavy atom. The lowest BCUT2D eigenvalue weighted by atomic mass is 10.3. The summed E-state index contributed by atoms with van der Waals surface area (Å²) < 4.78 is 13.5. The zero-order valence-electron chi connectivity index (χ0n) is 10.7. The minimum atomic E-state index is -1.45. The molecule has 0 aliphatic rings. The van der Waals surface area contributed by atoms with E-state index in [1.54, 1.807) is 4.68 Å². The van der Waals surface area contributed by atoms with Gasteiger partial charge in [0, 0.05) is 24.3 Å². The highest BCUT2D eigenvalue weighted by Gasteiger charge is 2.22. The van der Waals surface area contributed by atoms with E-state index < -0.39 is 28.7 Å². The van der Waals surface area contributed by atoms with Crippen LogP contribution in [0.25, 0.3) is 0 Å². The summed E-state index contributed by atoms with van der Waals surface area (Å²) in [5.41, 5.74) is 0. The van der Waals surface area contributed by atoms with Gasteiger partial charge < -0.3 is 10.4 Å². The van der Waals surface area contributed by atoms with Gasteiger partial charge in [0.15, 0.2) is 0 Å². The van der Waals surface area contributed by atoms with Crippen LogP contribution in [-0.2, 0) is 32.7 Å². The van der Waals surface area contributed by atoms with E-state index in [4.69, 9.17) is 5.11 Å². The van der Waals surface area contributed by atoms with Gasteiger partial charge in [0.2, 0.25) is 5.91 Å². The highest BCUT2D eigenvalue weighted by molar-refractivity contribution is 7.84. The first-order chi connectivity index (χ1) is 8.93. The van der Waals surface area contributed by atoms with Gasteiger partial charge in [-0.1, -0.05) is 0 Å². The van der Waals surface area contributed by atoms with Crippen LogP contribution in [-0.4, -0.2) is 47.8 Å². The molecule has 106 valence electrons. The Kier molecular flexibility index (Phi) is 5.61. The number of carboxylic acids is 1. The fourth-order valence-corrected chi connectivity index (χ4v) is 2.70. The largest absolute Gasteiger partial charge is 0.480 e. The first kappa shape index (κ1) is 15.3. The van der Waals surface area contributed by atoms with Crippen molar-refractivity contribution in [3.05, 3.63) is 12.2 Å². The molecular formula is C10H16N4O4S. The van der Waals surface area contributed by atoms with Crippen molar-refractivity contribution in [1.82, 2.24) is 20.1 Å². The fraction of sp³-hybridized carbons (Fsp3) is 0.600. The topological polar surface area (TPSA) is 114 Å². The van der Waals surface area contributed by atoms with Crippen LogP contribution in [0.15, 0.2) is 6.33 Å². The van der Waals surface area contributed by atoms with Crippen molar-refractivity contribution >= 4 is 22.7 Å². The van der Waals surface area contributed by atoms with Crippen LogP contribution in [0.5, 0.6) is 0 Å². The summed E-state index contributed by atoms with van der Waals surface area (Å²) in [5.74, 6) is -1.20. The molecule has 8 nitrogen and oxygen atoms in total. The van der Waals surface area contributed by atoms with Crippen molar-refractivity contribution in [2.24, 2.45) is 0 Å². The van der Waals surface area contributed by atoms with Crippen molar-refractivity contribution in [2.75, 3.05) is 5.75 Å². The van der Waals surface area contributed by atoms with Gasteiger partial charge in [0.05, 0.1) is 11.5 Å². The maximum atomic E-state index is 11.9. The molecule has 0 spiro atoms. The maximum Gasteiger partial charge on any atom is 0.327 e. The summed E-state index contributed by atoms with van der Waals surface area (Å²) >= 11 is 0. The SMILES string of the molecule is CCn1ncnc1CS(=O)CC(NC(C)=O)C(=O)O. The molecule has 0 radical (unpaired) electrons. The number of carbonyl (C=O) groups is 2. The standard InChI is InChI=1S/C10H16N4O4S/c1-3-14-9(11-6-12-14)5-19(18)4-8(10(16)17)13-7(2)15/h6,8H,3-5H2,1-2H3,(H,13,15)(H,16,17). The van der Waals surface area contributed by atoms with E-state index in [0.717, 1.165) is 0 Å². The van der Waals surface area contributed by atoms with Crippen LogP contribution in [0.3, 0.4) is 0 Å². The predicted octanol–water partition coefficient (Wildman–Crippen LogP) is -0.864. The molecular weight excluding hydrogens is 272 g/mol. The average molecular weight is 288 g/mol. The van der Waals surface area contributed by atoms with Gasteiger partial charge in [-0.3, -0.25) is 9.00 Å². The van der Waals surface area contributed by atoms with Crippen LogP contribution in [0.2, 0.25) is 0 Å². The number of carboxylic acid groups (broad SMARTS) is 1. The van der Waals surface area contributed by atoms with Gasteiger partial charge in [-0.15, -0.1) is 0 Å². The number of aromatic nitrogens is 3. The summed E-state index contributed by atoms with van der Waals surface area (Å²) in [7, 11) is -1.45. The highest BCUT2D eigenvalue weighted by Crippen LogP contribution is 2.01. The molecule has 0 aliphatic heterocycles. The second kappa shape index (κ2) is 6.98. The zero-order chi connectivity index (χ0) is 14.4. The Morgan fingerprint density at radius 3 is 2.79 bits per heavy atom. The van der Waals surface area contributed by atoms with Gasteiger partial charge in [-0.2, -0.15) is 5.10 Å². The number of nitrogens with zero attached hydrogens (tertiary/aromatic N) is 3. The summed E-state index contributed by atoms with van der Waals surface area (Å²) in [5, 5.41) is 15.1. The van der Waals surface area contributed by atoms with E-state index in [2.05, 4.69) is 15.4 Å². The monoisotopic (exact) mass is 288 g/mol. The molecule has 0 aromatic carbocycles. The lowest BCUT2D eigenvalue weighted by Crippen LogP contribution is -2.43. The van der Waals surface area contributed by atoms with Crippen molar-refractivity contribution in [3.63, 3.8) is 0 Å². The number of amides is 1. The molecule has 0 bridgehead atoms. The van der Waals surface area contributed by atoms with Crippen molar-refractivity contribution < 1.29 is 18.9 Å². The minimum Gasteiger partial charge on any atom is -0.480 e. The van der Waals surface area contributed by atoms with E-state index in [0.29, 0.717) is 12.4 Å². The van der Waals surface area contributed by atoms with Gasteiger partial charge in [0.25, 0.3) is 0 Å². The first-order valence-corrected chi connectivity index (χ1v) is 7.14. The second-order valence-electron chi connectivity index (χ2n) is 3.83. The average Bonchev–Trinajstić information content (AvgIpc) is 2.74. The Hall–Kier alpha value is -1.77. The molecule has 2 unspecified atom stereocenters. The molecule has 2 N–H and O–H groups in total. The molecule has 1 amide bonds. The van der Waals surface area contributed by atoms with Gasteiger partial charge in [-0.25, -0.2) is 14.5 Å². The Balaban J connectivity index is 2.62. The number of hydrogen-bond acceptors (Lipinski definition) is 5.